The van der Waals surface area contributed by atoms with Gasteiger partial charge >= 0.3 is 12.2 Å². The van der Waals surface area contributed by atoms with E-state index in [1.807, 2.05) is 11.8 Å². The summed E-state index contributed by atoms with van der Waals surface area (Å²) in [4.78, 5) is 13.9. The molecule has 0 aliphatic carbocycles. The van der Waals surface area contributed by atoms with Crippen molar-refractivity contribution in [3.63, 3.8) is 0 Å². The van der Waals surface area contributed by atoms with Gasteiger partial charge in [-0.15, -0.1) is 0 Å². The molecule has 1 aromatic rings. The van der Waals surface area contributed by atoms with E-state index in [-0.39, 0.29) is 24.9 Å². The Balaban J connectivity index is 2.08. The van der Waals surface area contributed by atoms with Crippen LogP contribution in [0.15, 0.2) is 24.3 Å². The maximum atomic E-state index is 12.7. The van der Waals surface area contributed by atoms with Crippen molar-refractivity contribution in [1.82, 2.24) is 4.90 Å². The lowest BCUT2D eigenvalue weighted by atomic mass is 10.1. The van der Waals surface area contributed by atoms with Gasteiger partial charge in [0.15, 0.2) is 0 Å². The van der Waals surface area contributed by atoms with Crippen molar-refractivity contribution in [2.45, 2.75) is 25.1 Å². The number of nitrogens with one attached hydrogen (secondary N) is 1. The van der Waals surface area contributed by atoms with Gasteiger partial charge in [-0.25, -0.2) is 4.79 Å². The van der Waals surface area contributed by atoms with E-state index in [9.17, 15) is 18.0 Å². The molecule has 1 heterocycles. The van der Waals surface area contributed by atoms with Gasteiger partial charge in [0.25, 0.3) is 0 Å². The van der Waals surface area contributed by atoms with Crippen molar-refractivity contribution in [2.24, 2.45) is 0 Å². The van der Waals surface area contributed by atoms with Crippen molar-refractivity contribution in [3.8, 4) is 0 Å². The summed E-state index contributed by atoms with van der Waals surface area (Å²) in [5, 5.41) is 11.7. The van der Waals surface area contributed by atoms with Crippen LogP contribution in [0.5, 0.6) is 0 Å². The van der Waals surface area contributed by atoms with Gasteiger partial charge in [-0.2, -0.15) is 24.9 Å². The summed E-state index contributed by atoms with van der Waals surface area (Å²) >= 11 is 1.81. The van der Waals surface area contributed by atoms with Crippen LogP contribution in [-0.4, -0.2) is 46.7 Å². The highest BCUT2D eigenvalue weighted by molar-refractivity contribution is 7.99. The number of benzene rings is 1. The number of carbonyl (C=O) groups excluding carboxylic acids is 1. The number of hydrogen-bond donors (Lipinski definition) is 2. The van der Waals surface area contributed by atoms with Crippen LogP contribution < -0.4 is 5.32 Å². The molecule has 2 rings (SSSR count). The number of aliphatic hydroxyl groups is 1. The number of anilines is 1. The molecule has 2 amide bonds. The van der Waals surface area contributed by atoms with Crippen molar-refractivity contribution in [1.29, 1.82) is 0 Å². The van der Waals surface area contributed by atoms with Crippen molar-refractivity contribution in [2.75, 3.05) is 30.0 Å². The first kappa shape index (κ1) is 17.9. The third-order valence-corrected chi connectivity index (χ3v) is 4.72. The first-order chi connectivity index (χ1) is 10.9. The fourth-order valence-corrected chi connectivity index (χ4v) is 3.60. The van der Waals surface area contributed by atoms with Gasteiger partial charge in [0.2, 0.25) is 0 Å². The van der Waals surface area contributed by atoms with E-state index >= 15 is 0 Å². The van der Waals surface area contributed by atoms with E-state index in [1.165, 1.54) is 17.0 Å². The molecule has 8 heteroatoms. The van der Waals surface area contributed by atoms with E-state index in [2.05, 4.69) is 5.32 Å². The molecule has 1 aromatic carbocycles. The van der Waals surface area contributed by atoms with Gasteiger partial charge in [0, 0.05) is 18.3 Å². The predicted molar refractivity (Wildman–Crippen MR) is 84.6 cm³/mol. The second-order valence-corrected chi connectivity index (χ2v) is 6.49. The van der Waals surface area contributed by atoms with E-state index in [1.54, 1.807) is 0 Å². The minimum Gasteiger partial charge on any atom is -0.395 e. The van der Waals surface area contributed by atoms with Gasteiger partial charge in [0.05, 0.1) is 12.2 Å². The maximum Gasteiger partial charge on any atom is 0.416 e. The Hall–Kier alpha value is -1.41. The molecule has 1 aliphatic rings. The second kappa shape index (κ2) is 7.92. The zero-order valence-corrected chi connectivity index (χ0v) is 13.3. The van der Waals surface area contributed by atoms with Crippen LogP contribution in [0.25, 0.3) is 0 Å². The highest BCUT2D eigenvalue weighted by atomic mass is 32.2. The van der Waals surface area contributed by atoms with Crippen molar-refractivity contribution < 1.29 is 23.1 Å². The minimum absolute atomic E-state index is 0.00852. The van der Waals surface area contributed by atoms with Crippen molar-refractivity contribution in [3.05, 3.63) is 29.8 Å². The monoisotopic (exact) mass is 348 g/mol. The third-order valence-electron chi connectivity index (χ3n) is 3.67. The Morgan fingerprint density at radius 3 is 2.65 bits per heavy atom. The summed E-state index contributed by atoms with van der Waals surface area (Å²) < 4.78 is 38.2. The number of alkyl halides is 3. The number of aliphatic hydroxyl groups excluding tert-OH is 1. The van der Waals surface area contributed by atoms with Gasteiger partial charge in [0.1, 0.15) is 0 Å². The summed E-state index contributed by atoms with van der Waals surface area (Å²) in [6.07, 6.45) is -2.81. The molecule has 0 saturated carbocycles. The van der Waals surface area contributed by atoms with Gasteiger partial charge in [-0.1, -0.05) is 6.07 Å². The molecule has 1 aliphatic heterocycles. The fourth-order valence-electron chi connectivity index (χ4n) is 2.52. The first-order valence-electron chi connectivity index (χ1n) is 7.35. The molecule has 1 fully saturated rings. The van der Waals surface area contributed by atoms with Crippen LogP contribution >= 0.6 is 11.8 Å². The number of carbonyl (C=O) groups is 1. The molecular weight excluding hydrogens is 329 g/mol. The Labute approximate surface area is 137 Å². The Morgan fingerprint density at radius 2 is 2.04 bits per heavy atom. The lowest BCUT2D eigenvalue weighted by molar-refractivity contribution is -0.137. The molecule has 23 heavy (non-hydrogen) atoms. The summed E-state index contributed by atoms with van der Waals surface area (Å²) in [6.45, 7) is -0.0141. The molecule has 1 saturated heterocycles. The predicted octanol–water partition coefficient (Wildman–Crippen LogP) is 3.43. The quantitative estimate of drug-likeness (QED) is 0.877. The summed E-state index contributed by atoms with van der Waals surface area (Å²) in [5.41, 5.74) is -0.712. The highest BCUT2D eigenvalue weighted by Gasteiger charge is 2.31. The molecule has 0 bridgehead atoms. The SMILES string of the molecule is O=C(Nc1cccc(C(F)(F)F)c1)N(CCO)C1CCSCC1. The number of hydrogen-bond acceptors (Lipinski definition) is 3. The van der Waals surface area contributed by atoms with E-state index < -0.39 is 17.8 Å². The van der Waals surface area contributed by atoms with E-state index in [4.69, 9.17) is 5.11 Å². The average molecular weight is 348 g/mol. The standard InChI is InChI=1S/C15H19F3N2O2S/c16-15(17,18)11-2-1-3-12(10-11)19-14(22)20(6-7-21)13-4-8-23-9-5-13/h1-3,10,13,21H,4-9H2,(H,19,22). The van der Waals surface area contributed by atoms with Crippen LogP contribution in [0.3, 0.4) is 0 Å². The Bertz CT molecular complexity index is 534. The zero-order chi connectivity index (χ0) is 16.9. The first-order valence-corrected chi connectivity index (χ1v) is 8.51. The van der Waals surface area contributed by atoms with Crippen LogP contribution in [0.1, 0.15) is 18.4 Å². The Morgan fingerprint density at radius 1 is 1.35 bits per heavy atom. The normalized spacial score (nSPS) is 16.2. The number of rotatable bonds is 4. The average Bonchev–Trinajstić information content (AvgIpc) is 2.53. The topological polar surface area (TPSA) is 52.6 Å². The number of urea groups is 1. The smallest absolute Gasteiger partial charge is 0.395 e. The van der Waals surface area contributed by atoms with Crippen LogP contribution in [0.4, 0.5) is 23.7 Å². The largest absolute Gasteiger partial charge is 0.416 e. The maximum absolute atomic E-state index is 12.7. The fraction of sp³-hybridized carbons (Fsp3) is 0.533. The minimum atomic E-state index is -4.45. The van der Waals surface area contributed by atoms with Crippen LogP contribution in [0, 0.1) is 0 Å². The summed E-state index contributed by atoms with van der Waals surface area (Å²) in [7, 11) is 0. The highest BCUT2D eigenvalue weighted by Crippen LogP contribution is 2.31. The van der Waals surface area contributed by atoms with Crippen molar-refractivity contribution >= 4 is 23.5 Å². The molecule has 0 unspecified atom stereocenters. The van der Waals surface area contributed by atoms with E-state index in [0.29, 0.717) is 0 Å². The lowest BCUT2D eigenvalue weighted by Gasteiger charge is -2.33. The lowest BCUT2D eigenvalue weighted by Crippen LogP contribution is -2.46. The van der Waals surface area contributed by atoms with Gasteiger partial charge < -0.3 is 15.3 Å². The number of nitrogens with zero attached hydrogens (tertiary/aromatic N) is 1. The van der Waals surface area contributed by atoms with Gasteiger partial charge in [-0.3, -0.25) is 0 Å². The third kappa shape index (κ3) is 5.04. The molecule has 4 nitrogen and oxygen atoms in total. The molecule has 128 valence electrons. The van der Waals surface area contributed by atoms with E-state index in [0.717, 1.165) is 36.5 Å². The summed E-state index contributed by atoms with van der Waals surface area (Å²) in [5.74, 6) is 1.87. The molecular formula is C15H19F3N2O2S. The van der Waals surface area contributed by atoms with Crippen LogP contribution in [-0.2, 0) is 6.18 Å². The number of halogens is 3. The second-order valence-electron chi connectivity index (χ2n) is 5.27. The number of thioether (sulfide) groups is 1. The Kier molecular flexibility index (Phi) is 6.17. The molecule has 0 spiro atoms. The zero-order valence-electron chi connectivity index (χ0n) is 12.5. The molecule has 0 aromatic heterocycles. The summed E-state index contributed by atoms with van der Waals surface area (Å²) in [6, 6.07) is 4.07. The van der Waals surface area contributed by atoms with Gasteiger partial charge in [-0.05, 0) is 42.5 Å². The molecule has 0 atom stereocenters. The van der Waals surface area contributed by atoms with Crippen LogP contribution in [0.2, 0.25) is 0 Å². The molecule has 2 N–H and O–H groups in total. The molecule has 0 radical (unpaired) electrons. The number of amides is 2.